The molecule has 1 amide bonds. The van der Waals surface area contributed by atoms with Crippen LogP contribution in [-0.2, 0) is 6.54 Å². The first-order valence-electron chi connectivity index (χ1n) is 7.60. The zero-order valence-corrected chi connectivity index (χ0v) is 14.7. The summed E-state index contributed by atoms with van der Waals surface area (Å²) < 4.78 is 6.72. The lowest BCUT2D eigenvalue weighted by Crippen LogP contribution is -2.20. The number of rotatable bonds is 5. The normalized spacial score (nSPS) is 10.6. The Morgan fingerprint density at radius 1 is 1.44 bits per heavy atom. The van der Waals surface area contributed by atoms with Crippen molar-refractivity contribution >= 4 is 33.1 Å². The minimum Gasteiger partial charge on any atom is -0.495 e. The van der Waals surface area contributed by atoms with Crippen LogP contribution >= 0.6 is 11.3 Å². The van der Waals surface area contributed by atoms with Crippen LogP contribution in [0.15, 0.2) is 48.0 Å². The molecule has 0 radical (unpaired) electrons. The average molecular weight is 355 g/mol. The number of hydrogen-bond donors (Lipinski definition) is 1. The molecule has 2 aromatic heterocycles. The van der Waals surface area contributed by atoms with E-state index in [0.717, 1.165) is 0 Å². The van der Waals surface area contributed by atoms with E-state index >= 15 is 0 Å². The number of aryl methyl sites for hydroxylation is 1. The molecule has 7 heteroatoms. The second-order valence-electron chi connectivity index (χ2n) is 5.38. The Bertz CT molecular complexity index is 1020. The lowest BCUT2D eigenvalue weighted by Gasteiger charge is -2.09. The highest BCUT2D eigenvalue weighted by atomic mass is 32.1. The van der Waals surface area contributed by atoms with Gasteiger partial charge >= 0.3 is 0 Å². The molecule has 0 fully saturated rings. The van der Waals surface area contributed by atoms with Gasteiger partial charge in [-0.15, -0.1) is 17.9 Å². The van der Waals surface area contributed by atoms with E-state index in [4.69, 9.17) is 4.74 Å². The molecule has 6 nitrogen and oxygen atoms in total. The number of para-hydroxylation sites is 2. The highest BCUT2D eigenvalue weighted by molar-refractivity contribution is 7.20. The van der Waals surface area contributed by atoms with E-state index in [-0.39, 0.29) is 11.5 Å². The van der Waals surface area contributed by atoms with E-state index in [1.165, 1.54) is 22.2 Å². The number of carbonyl (C=O) groups excluding carboxylic acids is 1. The first kappa shape index (κ1) is 16.9. The Hall–Kier alpha value is -2.93. The van der Waals surface area contributed by atoms with Gasteiger partial charge in [-0.3, -0.25) is 14.2 Å². The topological polar surface area (TPSA) is 73.2 Å². The highest BCUT2D eigenvalue weighted by Gasteiger charge is 2.20. The zero-order valence-electron chi connectivity index (χ0n) is 13.9. The smallest absolute Gasteiger partial charge is 0.266 e. The van der Waals surface area contributed by atoms with Crippen LogP contribution in [0.5, 0.6) is 5.75 Å². The van der Waals surface area contributed by atoms with Crippen molar-refractivity contribution in [2.45, 2.75) is 13.5 Å². The maximum Gasteiger partial charge on any atom is 0.266 e. The molecule has 0 saturated heterocycles. The molecule has 2 heterocycles. The standard InChI is InChI=1S/C18H17N3O3S/c1-4-9-21-10-19-17-14(18(21)23)11(2)15(25-17)16(22)20-12-7-5-6-8-13(12)24-3/h4-8,10H,1,9H2,2-3H3,(H,20,22). The number of fused-ring (bicyclic) bond motifs is 1. The molecule has 0 unspecified atom stereocenters. The monoisotopic (exact) mass is 355 g/mol. The van der Waals surface area contributed by atoms with E-state index in [2.05, 4.69) is 16.9 Å². The Labute approximate surface area is 148 Å². The summed E-state index contributed by atoms with van der Waals surface area (Å²) in [7, 11) is 1.54. The van der Waals surface area contributed by atoms with Crippen LogP contribution in [-0.4, -0.2) is 22.6 Å². The number of methoxy groups -OCH3 is 1. The van der Waals surface area contributed by atoms with Crippen LogP contribution in [0, 0.1) is 6.92 Å². The summed E-state index contributed by atoms with van der Waals surface area (Å²) in [5, 5.41) is 3.30. The Kier molecular flexibility index (Phi) is 4.67. The SMILES string of the molecule is C=CCn1cnc2sc(C(=O)Nc3ccccc3OC)c(C)c2c1=O. The minimum absolute atomic E-state index is 0.171. The highest BCUT2D eigenvalue weighted by Crippen LogP contribution is 2.29. The summed E-state index contributed by atoms with van der Waals surface area (Å²) in [6.45, 7) is 5.77. The fourth-order valence-corrected chi connectivity index (χ4v) is 3.61. The first-order valence-corrected chi connectivity index (χ1v) is 8.42. The molecule has 128 valence electrons. The summed E-state index contributed by atoms with van der Waals surface area (Å²) in [4.78, 5) is 30.6. The molecule has 0 bridgehead atoms. The summed E-state index contributed by atoms with van der Waals surface area (Å²) in [6, 6.07) is 7.16. The van der Waals surface area contributed by atoms with Crippen LogP contribution < -0.4 is 15.6 Å². The van der Waals surface area contributed by atoms with E-state index in [0.29, 0.717) is 38.6 Å². The van der Waals surface area contributed by atoms with Gasteiger partial charge in [-0.1, -0.05) is 18.2 Å². The number of anilines is 1. The number of thiophene rings is 1. The van der Waals surface area contributed by atoms with Gasteiger partial charge in [-0.05, 0) is 24.6 Å². The van der Waals surface area contributed by atoms with Gasteiger partial charge in [0.05, 0.1) is 29.4 Å². The fraction of sp³-hybridized carbons (Fsp3) is 0.167. The van der Waals surface area contributed by atoms with Crippen LogP contribution in [0.4, 0.5) is 5.69 Å². The molecule has 0 aliphatic heterocycles. The molecule has 0 aliphatic rings. The molecule has 25 heavy (non-hydrogen) atoms. The van der Waals surface area contributed by atoms with Crippen LogP contribution in [0.3, 0.4) is 0 Å². The van der Waals surface area contributed by atoms with Crippen molar-refractivity contribution in [3.63, 3.8) is 0 Å². The molecular formula is C18H17N3O3S. The van der Waals surface area contributed by atoms with Crippen LogP contribution in [0.1, 0.15) is 15.2 Å². The molecule has 1 aromatic carbocycles. The van der Waals surface area contributed by atoms with Gasteiger partial charge in [0.2, 0.25) is 0 Å². The molecule has 0 saturated carbocycles. The number of allylic oxidation sites excluding steroid dienone is 1. The second-order valence-corrected chi connectivity index (χ2v) is 6.38. The molecule has 3 aromatic rings. The van der Waals surface area contributed by atoms with Crippen molar-refractivity contribution in [1.82, 2.24) is 9.55 Å². The third-order valence-electron chi connectivity index (χ3n) is 3.80. The number of benzene rings is 1. The van der Waals surface area contributed by atoms with E-state index < -0.39 is 0 Å². The lowest BCUT2D eigenvalue weighted by molar-refractivity contribution is 0.102. The third-order valence-corrected chi connectivity index (χ3v) is 5.00. The average Bonchev–Trinajstić information content (AvgIpc) is 2.95. The third kappa shape index (κ3) is 3.06. The number of aromatic nitrogens is 2. The Balaban J connectivity index is 2.02. The molecule has 0 atom stereocenters. The number of ether oxygens (including phenoxy) is 1. The second kappa shape index (κ2) is 6.90. The van der Waals surface area contributed by atoms with Crippen molar-refractivity contribution in [2.75, 3.05) is 12.4 Å². The van der Waals surface area contributed by atoms with Gasteiger partial charge in [0.25, 0.3) is 11.5 Å². The van der Waals surface area contributed by atoms with Crippen LogP contribution in [0.2, 0.25) is 0 Å². The van der Waals surface area contributed by atoms with E-state index in [1.54, 1.807) is 32.2 Å². The number of carbonyl (C=O) groups is 1. The van der Waals surface area contributed by atoms with E-state index in [1.807, 2.05) is 12.1 Å². The summed E-state index contributed by atoms with van der Waals surface area (Å²) in [6.07, 6.45) is 3.11. The fourth-order valence-electron chi connectivity index (χ4n) is 2.57. The largest absolute Gasteiger partial charge is 0.495 e. The Morgan fingerprint density at radius 2 is 2.20 bits per heavy atom. The molecule has 0 spiro atoms. The van der Waals surface area contributed by atoms with Crippen LogP contribution in [0.25, 0.3) is 10.2 Å². The molecule has 3 rings (SSSR count). The number of amides is 1. The van der Waals surface area contributed by atoms with Crippen molar-refractivity contribution in [3.8, 4) is 5.75 Å². The quantitative estimate of drug-likeness (QED) is 0.713. The number of nitrogens with zero attached hydrogens (tertiary/aromatic N) is 2. The molecular weight excluding hydrogens is 338 g/mol. The van der Waals surface area contributed by atoms with Gasteiger partial charge in [0, 0.05) is 6.54 Å². The van der Waals surface area contributed by atoms with Crippen molar-refractivity contribution in [1.29, 1.82) is 0 Å². The maximum absolute atomic E-state index is 12.7. The number of nitrogens with one attached hydrogen (secondary N) is 1. The number of hydrogen-bond acceptors (Lipinski definition) is 5. The van der Waals surface area contributed by atoms with Crippen molar-refractivity contribution in [2.24, 2.45) is 0 Å². The van der Waals surface area contributed by atoms with Gasteiger partial charge in [-0.2, -0.15) is 0 Å². The zero-order chi connectivity index (χ0) is 18.0. The predicted octanol–water partition coefficient (Wildman–Crippen LogP) is 3.21. The van der Waals surface area contributed by atoms with Gasteiger partial charge < -0.3 is 10.1 Å². The Morgan fingerprint density at radius 3 is 2.92 bits per heavy atom. The van der Waals surface area contributed by atoms with Gasteiger partial charge in [-0.25, -0.2) is 4.98 Å². The lowest BCUT2D eigenvalue weighted by atomic mass is 10.2. The predicted molar refractivity (Wildman–Crippen MR) is 99.8 cm³/mol. The van der Waals surface area contributed by atoms with E-state index in [9.17, 15) is 9.59 Å². The molecule has 0 aliphatic carbocycles. The van der Waals surface area contributed by atoms with Gasteiger partial charge in [0.15, 0.2) is 0 Å². The summed E-state index contributed by atoms with van der Waals surface area (Å²) in [5.74, 6) is 0.278. The molecule has 1 N–H and O–H groups in total. The first-order chi connectivity index (χ1) is 12.1. The minimum atomic E-state index is -0.292. The van der Waals surface area contributed by atoms with Crippen molar-refractivity contribution < 1.29 is 9.53 Å². The van der Waals surface area contributed by atoms with Crippen molar-refractivity contribution in [3.05, 3.63) is 64.0 Å². The van der Waals surface area contributed by atoms with Gasteiger partial charge in [0.1, 0.15) is 10.6 Å². The summed E-state index contributed by atoms with van der Waals surface area (Å²) >= 11 is 1.20. The maximum atomic E-state index is 12.7. The summed E-state index contributed by atoms with van der Waals surface area (Å²) in [5.41, 5.74) is 1.03.